The number of hydrogen-bond acceptors (Lipinski definition) is 4. The summed E-state index contributed by atoms with van der Waals surface area (Å²) in [7, 11) is 0. The molecule has 0 bridgehead atoms. The van der Waals surface area contributed by atoms with Crippen LogP contribution in [0.5, 0.6) is 0 Å². The fourth-order valence-electron chi connectivity index (χ4n) is 2.46. The third-order valence-corrected chi connectivity index (χ3v) is 3.95. The van der Waals surface area contributed by atoms with Crippen LogP contribution in [0.2, 0.25) is 0 Å². The Hall–Kier alpha value is -1.30. The van der Waals surface area contributed by atoms with Crippen molar-refractivity contribution >= 4 is 27.8 Å². The van der Waals surface area contributed by atoms with E-state index in [4.69, 9.17) is 9.15 Å². The van der Waals surface area contributed by atoms with Gasteiger partial charge in [0.05, 0.1) is 0 Å². The number of carbonyl (C=O) groups excluding carboxylic acids is 2. The number of halogens is 1. The Morgan fingerprint density at radius 2 is 2.25 bits per heavy atom. The number of carbonyl (C=O) groups is 2. The van der Waals surface area contributed by atoms with Crippen LogP contribution in [-0.2, 0) is 9.53 Å². The lowest BCUT2D eigenvalue weighted by molar-refractivity contribution is -0.138. The quantitative estimate of drug-likeness (QED) is 0.788. The van der Waals surface area contributed by atoms with E-state index >= 15 is 0 Å². The second kappa shape index (κ2) is 6.92. The topological polar surface area (TPSA) is 59.8 Å². The van der Waals surface area contributed by atoms with Crippen molar-refractivity contribution in [1.29, 1.82) is 0 Å². The first-order valence-electron chi connectivity index (χ1n) is 6.83. The molecule has 5 nitrogen and oxygen atoms in total. The van der Waals surface area contributed by atoms with Crippen molar-refractivity contribution in [3.63, 3.8) is 0 Å². The van der Waals surface area contributed by atoms with Crippen LogP contribution >= 0.6 is 15.9 Å². The number of rotatable bonds is 4. The second-order valence-corrected chi connectivity index (χ2v) is 5.61. The summed E-state index contributed by atoms with van der Waals surface area (Å²) < 4.78 is 10.5. The highest BCUT2D eigenvalue weighted by Crippen LogP contribution is 2.20. The van der Waals surface area contributed by atoms with Crippen LogP contribution in [-0.4, -0.2) is 36.0 Å². The van der Waals surface area contributed by atoms with Gasteiger partial charge in [0.1, 0.15) is 0 Å². The van der Waals surface area contributed by atoms with E-state index in [9.17, 15) is 9.59 Å². The molecule has 20 heavy (non-hydrogen) atoms. The van der Waals surface area contributed by atoms with E-state index in [1.165, 1.54) is 6.07 Å². The number of esters is 1. The van der Waals surface area contributed by atoms with Crippen molar-refractivity contribution in [2.45, 2.75) is 38.6 Å². The van der Waals surface area contributed by atoms with E-state index in [1.54, 1.807) is 6.07 Å². The van der Waals surface area contributed by atoms with Crippen molar-refractivity contribution in [3.05, 3.63) is 22.6 Å². The minimum atomic E-state index is -0.617. The maximum absolute atomic E-state index is 12.1. The minimum Gasteiger partial charge on any atom is -0.450 e. The molecule has 2 heterocycles. The molecular formula is C14H18BrNO4. The van der Waals surface area contributed by atoms with Crippen molar-refractivity contribution in [2.24, 2.45) is 0 Å². The van der Waals surface area contributed by atoms with E-state index in [1.807, 2.05) is 4.90 Å². The average Bonchev–Trinajstić information content (AvgIpc) is 2.91. The zero-order valence-electron chi connectivity index (χ0n) is 11.4. The molecule has 1 atom stereocenters. The van der Waals surface area contributed by atoms with E-state index in [0.29, 0.717) is 4.67 Å². The molecule has 0 aromatic carbocycles. The van der Waals surface area contributed by atoms with Gasteiger partial charge in [0.15, 0.2) is 11.3 Å². The van der Waals surface area contributed by atoms with Gasteiger partial charge in [-0.2, -0.15) is 0 Å². The van der Waals surface area contributed by atoms with Gasteiger partial charge in [0.25, 0.3) is 5.91 Å². The van der Waals surface area contributed by atoms with Crippen molar-refractivity contribution in [1.82, 2.24) is 4.90 Å². The molecule has 0 unspecified atom stereocenters. The normalized spacial score (nSPS) is 18.9. The standard InChI is InChI=1S/C14H18BrNO4/c1-2-10-5-3-4-8-16(10)13(17)9-19-14(18)11-6-7-12(15)20-11/h6-7,10H,2-5,8-9H2,1H3/t10-/m1/s1. The van der Waals surface area contributed by atoms with Crippen LogP contribution in [0.3, 0.4) is 0 Å². The van der Waals surface area contributed by atoms with Gasteiger partial charge in [-0.3, -0.25) is 4.79 Å². The summed E-state index contributed by atoms with van der Waals surface area (Å²) in [6.07, 6.45) is 4.13. The Kier molecular flexibility index (Phi) is 5.23. The summed E-state index contributed by atoms with van der Waals surface area (Å²) in [6.45, 7) is 2.59. The Labute approximate surface area is 126 Å². The van der Waals surface area contributed by atoms with E-state index < -0.39 is 5.97 Å². The molecule has 2 rings (SSSR count). The number of likely N-dealkylation sites (tertiary alicyclic amines) is 1. The molecular weight excluding hydrogens is 326 g/mol. The van der Waals surface area contributed by atoms with Crippen LogP contribution in [0.15, 0.2) is 21.2 Å². The predicted molar refractivity (Wildman–Crippen MR) is 76.3 cm³/mol. The smallest absolute Gasteiger partial charge is 0.374 e. The summed E-state index contributed by atoms with van der Waals surface area (Å²) in [4.78, 5) is 25.6. The first-order valence-corrected chi connectivity index (χ1v) is 7.63. The highest BCUT2D eigenvalue weighted by molar-refractivity contribution is 9.10. The summed E-state index contributed by atoms with van der Waals surface area (Å²) in [6, 6.07) is 3.38. The van der Waals surface area contributed by atoms with Gasteiger partial charge in [0, 0.05) is 12.6 Å². The maximum atomic E-state index is 12.1. The number of ether oxygens (including phenoxy) is 1. The largest absolute Gasteiger partial charge is 0.450 e. The number of nitrogens with zero attached hydrogens (tertiary/aromatic N) is 1. The summed E-state index contributed by atoms with van der Waals surface area (Å²) in [5.74, 6) is -0.653. The number of piperidine rings is 1. The Morgan fingerprint density at radius 3 is 2.90 bits per heavy atom. The van der Waals surface area contributed by atoms with Gasteiger partial charge in [-0.25, -0.2) is 4.79 Å². The SMILES string of the molecule is CC[C@@H]1CCCCN1C(=O)COC(=O)c1ccc(Br)o1. The zero-order valence-corrected chi connectivity index (χ0v) is 13.0. The Morgan fingerprint density at radius 1 is 1.45 bits per heavy atom. The Balaban J connectivity index is 1.86. The minimum absolute atomic E-state index is 0.0929. The number of furan rings is 1. The van der Waals surface area contributed by atoms with E-state index in [-0.39, 0.29) is 24.3 Å². The van der Waals surface area contributed by atoms with Crippen molar-refractivity contribution in [3.8, 4) is 0 Å². The summed E-state index contributed by atoms with van der Waals surface area (Å²) in [5.41, 5.74) is 0. The van der Waals surface area contributed by atoms with Gasteiger partial charge < -0.3 is 14.1 Å². The fourth-order valence-corrected chi connectivity index (χ4v) is 2.77. The van der Waals surface area contributed by atoms with Crippen LogP contribution in [0.1, 0.15) is 43.2 Å². The van der Waals surface area contributed by atoms with E-state index in [0.717, 1.165) is 32.2 Å². The molecule has 110 valence electrons. The first kappa shape index (κ1) is 15.1. The van der Waals surface area contributed by atoms with E-state index in [2.05, 4.69) is 22.9 Å². The van der Waals surface area contributed by atoms with Gasteiger partial charge in [-0.1, -0.05) is 6.92 Å². The van der Waals surface area contributed by atoms with Gasteiger partial charge in [-0.15, -0.1) is 0 Å². The summed E-state index contributed by atoms with van der Waals surface area (Å²) >= 11 is 3.11. The summed E-state index contributed by atoms with van der Waals surface area (Å²) in [5, 5.41) is 0. The third-order valence-electron chi connectivity index (χ3n) is 3.52. The molecule has 0 N–H and O–H groups in total. The molecule has 6 heteroatoms. The molecule has 1 amide bonds. The van der Waals surface area contributed by atoms with Crippen LogP contribution in [0.25, 0.3) is 0 Å². The average molecular weight is 344 g/mol. The van der Waals surface area contributed by atoms with Crippen molar-refractivity contribution < 1.29 is 18.7 Å². The second-order valence-electron chi connectivity index (χ2n) is 4.82. The molecule has 1 fully saturated rings. The zero-order chi connectivity index (χ0) is 14.5. The van der Waals surface area contributed by atoms with Gasteiger partial charge >= 0.3 is 5.97 Å². The highest BCUT2D eigenvalue weighted by Gasteiger charge is 2.26. The van der Waals surface area contributed by atoms with Crippen molar-refractivity contribution in [2.75, 3.05) is 13.2 Å². The van der Waals surface area contributed by atoms with Crippen LogP contribution < -0.4 is 0 Å². The molecule has 0 saturated carbocycles. The first-order chi connectivity index (χ1) is 9.61. The van der Waals surface area contributed by atoms with Crippen LogP contribution in [0.4, 0.5) is 0 Å². The number of hydrogen-bond donors (Lipinski definition) is 0. The molecule has 0 radical (unpaired) electrons. The molecule has 0 spiro atoms. The van der Waals surface area contributed by atoms with Gasteiger partial charge in [0.2, 0.25) is 5.76 Å². The Bertz CT molecular complexity index is 485. The lowest BCUT2D eigenvalue weighted by atomic mass is 10.00. The molecule has 1 aromatic rings. The predicted octanol–water partition coefficient (Wildman–Crippen LogP) is 2.99. The van der Waals surface area contributed by atoms with Crippen LogP contribution in [0, 0.1) is 0 Å². The van der Waals surface area contributed by atoms with Gasteiger partial charge in [-0.05, 0) is 53.7 Å². The lowest BCUT2D eigenvalue weighted by Crippen LogP contribution is -2.45. The molecule has 1 saturated heterocycles. The molecule has 1 aliphatic rings. The fraction of sp³-hybridized carbons (Fsp3) is 0.571. The number of amides is 1. The molecule has 1 aliphatic heterocycles. The lowest BCUT2D eigenvalue weighted by Gasteiger charge is -2.35. The monoisotopic (exact) mass is 343 g/mol. The highest BCUT2D eigenvalue weighted by atomic mass is 79.9. The third kappa shape index (κ3) is 3.62. The maximum Gasteiger partial charge on any atom is 0.374 e. The molecule has 1 aromatic heterocycles. The molecule has 0 aliphatic carbocycles.